The van der Waals surface area contributed by atoms with Gasteiger partial charge in [-0.3, -0.25) is 19.3 Å². The monoisotopic (exact) mass is 418 g/mol. The van der Waals surface area contributed by atoms with Gasteiger partial charge in [0.05, 0.1) is 17.4 Å². The highest BCUT2D eigenvalue weighted by molar-refractivity contribution is 6.05. The number of Topliss-reactive ketones (excluding diaryl/α,β-unsaturated/α-hetero) is 1. The summed E-state index contributed by atoms with van der Waals surface area (Å²) in [5, 5.41) is 3.47. The third kappa shape index (κ3) is 3.98. The molecule has 6 nitrogen and oxygen atoms in total. The molecule has 0 bridgehead atoms. The maximum atomic E-state index is 13.4. The molecule has 0 spiro atoms. The molecule has 6 heteroatoms. The van der Waals surface area contributed by atoms with Gasteiger partial charge in [0.2, 0.25) is 5.91 Å². The summed E-state index contributed by atoms with van der Waals surface area (Å²) in [7, 11) is 0. The van der Waals surface area contributed by atoms with E-state index in [4.69, 9.17) is 4.74 Å². The highest BCUT2D eigenvalue weighted by atomic mass is 16.5. The molecule has 0 fully saturated rings. The van der Waals surface area contributed by atoms with Crippen molar-refractivity contribution in [3.8, 4) is 5.75 Å². The third-order valence-corrected chi connectivity index (χ3v) is 5.70. The zero-order valence-electron chi connectivity index (χ0n) is 18.2. The van der Waals surface area contributed by atoms with Crippen LogP contribution in [-0.4, -0.2) is 17.7 Å². The van der Waals surface area contributed by atoms with Crippen LogP contribution in [0.15, 0.2) is 59.8 Å². The van der Waals surface area contributed by atoms with Gasteiger partial charge >= 0.3 is 5.97 Å². The number of allylic oxidation sites excluding steroid dienone is 1. The molecule has 2 aliphatic rings. The standard InChI is InChI=1S/C25H26N2O4/c1-15(28)27-21-8-6-5-7-19(21)26-20-13-25(3,4)14-22(30)23(20)24(27)17-9-11-18(12-10-17)31-16(2)29/h5-12,24,26H,13-14H2,1-4H3. The zero-order chi connectivity index (χ0) is 22.3. The van der Waals surface area contributed by atoms with E-state index in [-0.39, 0.29) is 17.1 Å². The molecule has 0 radical (unpaired) electrons. The Balaban J connectivity index is 1.92. The van der Waals surface area contributed by atoms with Gasteiger partial charge in [-0.05, 0) is 41.7 Å². The molecular formula is C25H26N2O4. The average molecular weight is 418 g/mol. The molecule has 2 aromatic carbocycles. The molecule has 0 saturated heterocycles. The SMILES string of the molecule is CC(=O)Oc1ccc(C2C3=C(CC(C)(C)CC3=O)Nc3ccccc3N2C(C)=O)cc1. The van der Waals surface area contributed by atoms with E-state index in [1.807, 2.05) is 36.4 Å². The Hall–Kier alpha value is -3.41. The molecule has 2 aromatic rings. The first kappa shape index (κ1) is 20.8. The lowest BCUT2D eigenvalue weighted by Gasteiger charge is -2.36. The normalized spacial score (nSPS) is 19.7. The first-order valence-electron chi connectivity index (χ1n) is 10.4. The second kappa shape index (κ2) is 7.69. The van der Waals surface area contributed by atoms with Crippen molar-refractivity contribution >= 4 is 29.0 Å². The molecular weight excluding hydrogens is 392 g/mol. The summed E-state index contributed by atoms with van der Waals surface area (Å²) in [4.78, 5) is 39.3. The van der Waals surface area contributed by atoms with Crippen LogP contribution in [0.5, 0.6) is 5.75 Å². The Bertz CT molecular complexity index is 1100. The minimum absolute atomic E-state index is 0.0341. The number of fused-ring (bicyclic) bond motifs is 1. The van der Waals surface area contributed by atoms with Gasteiger partial charge in [0.25, 0.3) is 0 Å². The van der Waals surface area contributed by atoms with Gasteiger partial charge in [-0.1, -0.05) is 38.1 Å². The first-order valence-corrected chi connectivity index (χ1v) is 10.4. The van der Waals surface area contributed by atoms with Crippen molar-refractivity contribution < 1.29 is 19.1 Å². The van der Waals surface area contributed by atoms with Crippen LogP contribution >= 0.6 is 0 Å². The van der Waals surface area contributed by atoms with Crippen LogP contribution in [0.4, 0.5) is 11.4 Å². The van der Waals surface area contributed by atoms with Crippen molar-refractivity contribution in [3.05, 3.63) is 65.4 Å². The Morgan fingerprint density at radius 1 is 1.03 bits per heavy atom. The quantitative estimate of drug-likeness (QED) is 0.561. The predicted octanol–water partition coefficient (Wildman–Crippen LogP) is 4.77. The Labute approximate surface area is 181 Å². The number of benzene rings is 2. The number of amides is 1. The van der Waals surface area contributed by atoms with Gasteiger partial charge in [0, 0.05) is 31.5 Å². The van der Waals surface area contributed by atoms with Crippen molar-refractivity contribution in [3.63, 3.8) is 0 Å². The van der Waals surface area contributed by atoms with Gasteiger partial charge in [0.15, 0.2) is 5.78 Å². The molecule has 31 heavy (non-hydrogen) atoms. The fraction of sp³-hybridized carbons (Fsp3) is 0.320. The first-order chi connectivity index (χ1) is 14.7. The highest BCUT2D eigenvalue weighted by Crippen LogP contribution is 2.48. The summed E-state index contributed by atoms with van der Waals surface area (Å²) in [6, 6.07) is 14.0. The molecule has 1 aliphatic heterocycles. The molecule has 4 rings (SSSR count). The van der Waals surface area contributed by atoms with Crippen LogP contribution < -0.4 is 15.0 Å². The number of ketones is 1. The zero-order valence-corrected chi connectivity index (χ0v) is 18.2. The molecule has 1 unspecified atom stereocenters. The van der Waals surface area contributed by atoms with Crippen molar-refractivity contribution in [1.29, 1.82) is 0 Å². The van der Waals surface area contributed by atoms with E-state index >= 15 is 0 Å². The van der Waals surface area contributed by atoms with Crippen LogP contribution in [0.2, 0.25) is 0 Å². The molecule has 1 aliphatic carbocycles. The van der Waals surface area contributed by atoms with Crippen LogP contribution in [0.25, 0.3) is 0 Å². The number of rotatable bonds is 2. The second-order valence-electron chi connectivity index (χ2n) is 8.93. The van der Waals surface area contributed by atoms with Crippen LogP contribution in [0.3, 0.4) is 0 Å². The Morgan fingerprint density at radius 2 is 1.71 bits per heavy atom. The van der Waals surface area contributed by atoms with E-state index < -0.39 is 12.0 Å². The number of nitrogens with zero attached hydrogens (tertiary/aromatic N) is 1. The lowest BCUT2D eigenvalue weighted by molar-refractivity contribution is -0.132. The summed E-state index contributed by atoms with van der Waals surface area (Å²) in [6.45, 7) is 7.02. The number of anilines is 2. The minimum atomic E-state index is -0.571. The van der Waals surface area contributed by atoms with E-state index in [2.05, 4.69) is 19.2 Å². The van der Waals surface area contributed by atoms with E-state index in [1.54, 1.807) is 17.0 Å². The van der Waals surface area contributed by atoms with Gasteiger partial charge < -0.3 is 10.1 Å². The van der Waals surface area contributed by atoms with E-state index in [0.717, 1.165) is 22.6 Å². The van der Waals surface area contributed by atoms with Gasteiger partial charge in [0.1, 0.15) is 5.75 Å². The highest BCUT2D eigenvalue weighted by Gasteiger charge is 2.42. The molecule has 1 heterocycles. The maximum Gasteiger partial charge on any atom is 0.308 e. The number of hydrogen-bond donors (Lipinski definition) is 1. The maximum absolute atomic E-state index is 13.4. The average Bonchev–Trinajstić information content (AvgIpc) is 2.81. The fourth-order valence-electron chi connectivity index (χ4n) is 4.53. The number of hydrogen-bond acceptors (Lipinski definition) is 5. The van der Waals surface area contributed by atoms with Gasteiger partial charge in [-0.25, -0.2) is 0 Å². The summed E-state index contributed by atoms with van der Waals surface area (Å²) < 4.78 is 5.16. The van der Waals surface area contributed by atoms with Crippen LogP contribution in [-0.2, 0) is 14.4 Å². The minimum Gasteiger partial charge on any atom is -0.427 e. The molecule has 1 atom stereocenters. The number of ether oxygens (including phenoxy) is 1. The molecule has 160 valence electrons. The molecule has 1 N–H and O–H groups in total. The van der Waals surface area contributed by atoms with Crippen LogP contribution in [0, 0.1) is 5.41 Å². The summed E-state index contributed by atoms with van der Waals surface area (Å²) in [6.07, 6.45) is 1.12. The summed E-state index contributed by atoms with van der Waals surface area (Å²) in [5.41, 5.74) is 3.61. The van der Waals surface area contributed by atoms with Crippen molar-refractivity contribution in [2.24, 2.45) is 5.41 Å². The second-order valence-corrected chi connectivity index (χ2v) is 8.93. The number of nitrogens with one attached hydrogen (secondary N) is 1. The van der Waals surface area contributed by atoms with E-state index in [1.165, 1.54) is 13.8 Å². The Morgan fingerprint density at radius 3 is 2.35 bits per heavy atom. The molecule has 0 saturated carbocycles. The number of carbonyl (C=O) groups excluding carboxylic acids is 3. The van der Waals surface area contributed by atoms with Crippen molar-refractivity contribution in [2.75, 3.05) is 10.2 Å². The van der Waals surface area contributed by atoms with Gasteiger partial charge in [-0.2, -0.15) is 0 Å². The fourth-order valence-corrected chi connectivity index (χ4v) is 4.53. The third-order valence-electron chi connectivity index (χ3n) is 5.70. The van der Waals surface area contributed by atoms with Gasteiger partial charge in [-0.15, -0.1) is 0 Å². The van der Waals surface area contributed by atoms with E-state index in [0.29, 0.717) is 24.2 Å². The smallest absolute Gasteiger partial charge is 0.308 e. The number of carbonyl (C=O) groups is 3. The number of esters is 1. The Kier molecular flexibility index (Phi) is 5.17. The molecule has 0 aromatic heterocycles. The van der Waals surface area contributed by atoms with Crippen molar-refractivity contribution in [1.82, 2.24) is 0 Å². The lowest BCUT2D eigenvalue weighted by atomic mass is 9.73. The summed E-state index contributed by atoms with van der Waals surface area (Å²) in [5.74, 6) is -0.106. The van der Waals surface area contributed by atoms with Crippen molar-refractivity contribution in [2.45, 2.75) is 46.6 Å². The number of para-hydroxylation sites is 2. The van der Waals surface area contributed by atoms with Crippen LogP contribution in [0.1, 0.15) is 52.1 Å². The summed E-state index contributed by atoms with van der Waals surface area (Å²) >= 11 is 0. The predicted molar refractivity (Wildman–Crippen MR) is 119 cm³/mol. The largest absolute Gasteiger partial charge is 0.427 e. The topological polar surface area (TPSA) is 75.7 Å². The van der Waals surface area contributed by atoms with E-state index in [9.17, 15) is 14.4 Å². The molecule has 1 amide bonds. The lowest BCUT2D eigenvalue weighted by Crippen LogP contribution is -2.38.